The summed E-state index contributed by atoms with van der Waals surface area (Å²) in [6.45, 7) is 5.19. The van der Waals surface area contributed by atoms with Crippen LogP contribution in [0.4, 0.5) is 0 Å². The van der Waals surface area contributed by atoms with E-state index in [1.807, 2.05) is 7.05 Å². The second-order valence-electron chi connectivity index (χ2n) is 2.59. The average Bonchev–Trinajstić information content (AvgIpc) is 2.58. The summed E-state index contributed by atoms with van der Waals surface area (Å²) in [5.74, 6) is 0.626. The first-order valence-corrected chi connectivity index (χ1v) is 5.47. The van der Waals surface area contributed by atoms with E-state index in [0.29, 0.717) is 10.8 Å². The highest BCUT2D eigenvalue weighted by Gasteiger charge is 2.05. The van der Waals surface area contributed by atoms with Crippen molar-refractivity contribution in [2.45, 2.75) is 11.7 Å². The standard InChI is InChI=1S/C7H12ClN5S/c1-6(8)5-14-7-10-11-12-13(7)4-3-9-2/h9H,1,3-5H2,2H3. The lowest BCUT2D eigenvalue weighted by Gasteiger charge is -2.02. The predicted octanol–water partition coefficient (Wildman–Crippen LogP) is 0.737. The Morgan fingerprint density at radius 3 is 3.14 bits per heavy atom. The topological polar surface area (TPSA) is 55.6 Å². The normalized spacial score (nSPS) is 10.4. The molecule has 0 fully saturated rings. The van der Waals surface area contributed by atoms with Gasteiger partial charge in [-0.3, -0.25) is 0 Å². The van der Waals surface area contributed by atoms with Crippen molar-refractivity contribution in [1.82, 2.24) is 25.5 Å². The number of likely N-dealkylation sites (N-methyl/N-ethyl adjacent to an activating group) is 1. The van der Waals surface area contributed by atoms with Gasteiger partial charge in [-0.1, -0.05) is 29.9 Å². The fraction of sp³-hybridized carbons (Fsp3) is 0.571. The third-order valence-corrected chi connectivity index (χ3v) is 2.77. The molecule has 0 aromatic carbocycles. The highest BCUT2D eigenvalue weighted by Crippen LogP contribution is 2.17. The third-order valence-electron chi connectivity index (χ3n) is 1.43. The number of aromatic nitrogens is 4. The van der Waals surface area contributed by atoms with Crippen LogP contribution < -0.4 is 5.32 Å². The molecule has 7 heteroatoms. The van der Waals surface area contributed by atoms with Crippen LogP contribution in [0.2, 0.25) is 0 Å². The van der Waals surface area contributed by atoms with Gasteiger partial charge in [-0.2, -0.15) is 0 Å². The van der Waals surface area contributed by atoms with Gasteiger partial charge >= 0.3 is 0 Å². The van der Waals surface area contributed by atoms with Crippen LogP contribution in [0.25, 0.3) is 0 Å². The molecule has 0 bridgehead atoms. The van der Waals surface area contributed by atoms with Crippen molar-refractivity contribution in [3.05, 3.63) is 11.6 Å². The number of halogens is 1. The van der Waals surface area contributed by atoms with Gasteiger partial charge in [0.15, 0.2) is 0 Å². The Labute approximate surface area is 91.9 Å². The van der Waals surface area contributed by atoms with Crippen molar-refractivity contribution in [2.24, 2.45) is 0 Å². The summed E-state index contributed by atoms with van der Waals surface area (Å²) in [6.07, 6.45) is 0. The SMILES string of the molecule is C=C(Cl)CSc1nnnn1CCNC. The van der Waals surface area contributed by atoms with Crippen molar-refractivity contribution in [2.75, 3.05) is 19.3 Å². The fourth-order valence-corrected chi connectivity index (χ4v) is 1.62. The van der Waals surface area contributed by atoms with Crippen LogP contribution in [0.1, 0.15) is 0 Å². The van der Waals surface area contributed by atoms with Crippen LogP contribution in [0.15, 0.2) is 16.8 Å². The lowest BCUT2D eigenvalue weighted by Crippen LogP contribution is -2.16. The Morgan fingerprint density at radius 2 is 2.50 bits per heavy atom. The van der Waals surface area contributed by atoms with Gasteiger partial charge in [0.1, 0.15) is 0 Å². The molecule has 1 rings (SSSR count). The molecule has 1 aromatic heterocycles. The first-order valence-electron chi connectivity index (χ1n) is 4.11. The number of rotatable bonds is 6. The van der Waals surface area contributed by atoms with Gasteiger partial charge in [0.2, 0.25) is 5.16 Å². The van der Waals surface area contributed by atoms with Gasteiger partial charge in [-0.15, -0.1) is 5.10 Å². The first-order chi connectivity index (χ1) is 6.74. The van der Waals surface area contributed by atoms with Crippen molar-refractivity contribution in [1.29, 1.82) is 0 Å². The largest absolute Gasteiger partial charge is 0.318 e. The highest BCUT2D eigenvalue weighted by atomic mass is 35.5. The Hall–Kier alpha value is -0.590. The summed E-state index contributed by atoms with van der Waals surface area (Å²) in [5.41, 5.74) is 0. The Bertz CT molecular complexity index is 300. The molecule has 1 N–H and O–H groups in total. The van der Waals surface area contributed by atoms with E-state index >= 15 is 0 Å². The fourth-order valence-electron chi connectivity index (χ4n) is 0.801. The monoisotopic (exact) mass is 233 g/mol. The van der Waals surface area contributed by atoms with Crippen molar-refractivity contribution in [3.63, 3.8) is 0 Å². The molecule has 0 aliphatic carbocycles. The summed E-state index contributed by atoms with van der Waals surface area (Å²) in [4.78, 5) is 0. The smallest absolute Gasteiger partial charge is 0.209 e. The van der Waals surface area contributed by atoms with E-state index < -0.39 is 0 Å². The predicted molar refractivity (Wildman–Crippen MR) is 57.5 cm³/mol. The molecule has 14 heavy (non-hydrogen) atoms. The molecule has 0 unspecified atom stereocenters. The number of tetrazole rings is 1. The minimum Gasteiger partial charge on any atom is -0.318 e. The van der Waals surface area contributed by atoms with E-state index in [4.69, 9.17) is 11.6 Å². The van der Waals surface area contributed by atoms with E-state index in [2.05, 4.69) is 27.4 Å². The Morgan fingerprint density at radius 1 is 1.71 bits per heavy atom. The van der Waals surface area contributed by atoms with E-state index in [9.17, 15) is 0 Å². The zero-order valence-corrected chi connectivity index (χ0v) is 9.48. The van der Waals surface area contributed by atoms with Gasteiger partial charge in [0, 0.05) is 17.3 Å². The minimum absolute atomic E-state index is 0.596. The molecular weight excluding hydrogens is 222 g/mol. The molecule has 0 aliphatic rings. The summed E-state index contributed by atoms with van der Waals surface area (Å²) in [7, 11) is 1.89. The second-order valence-corrected chi connectivity index (χ2v) is 4.07. The van der Waals surface area contributed by atoms with E-state index in [1.54, 1.807) is 4.68 Å². The van der Waals surface area contributed by atoms with Crippen LogP contribution in [0, 0.1) is 0 Å². The molecule has 0 amide bonds. The molecule has 0 spiro atoms. The van der Waals surface area contributed by atoms with Crippen LogP contribution in [0.5, 0.6) is 0 Å². The second kappa shape index (κ2) is 6.00. The Balaban J connectivity index is 2.49. The molecule has 0 saturated heterocycles. The number of hydrogen-bond donors (Lipinski definition) is 1. The summed E-state index contributed by atoms with van der Waals surface area (Å²) in [6, 6.07) is 0. The lowest BCUT2D eigenvalue weighted by atomic mass is 10.6. The average molecular weight is 234 g/mol. The molecule has 0 radical (unpaired) electrons. The maximum Gasteiger partial charge on any atom is 0.209 e. The van der Waals surface area contributed by atoms with Crippen LogP contribution >= 0.6 is 23.4 Å². The van der Waals surface area contributed by atoms with E-state index in [1.165, 1.54) is 11.8 Å². The molecule has 0 saturated carbocycles. The van der Waals surface area contributed by atoms with E-state index in [-0.39, 0.29) is 0 Å². The van der Waals surface area contributed by atoms with Crippen molar-refractivity contribution in [3.8, 4) is 0 Å². The Kier molecular flexibility index (Phi) is 4.92. The zero-order valence-electron chi connectivity index (χ0n) is 7.90. The van der Waals surface area contributed by atoms with Gasteiger partial charge in [0.25, 0.3) is 0 Å². The minimum atomic E-state index is 0.596. The number of thioether (sulfide) groups is 1. The molecule has 78 valence electrons. The van der Waals surface area contributed by atoms with Gasteiger partial charge in [-0.05, 0) is 17.5 Å². The van der Waals surface area contributed by atoms with Gasteiger partial charge in [-0.25, -0.2) is 4.68 Å². The van der Waals surface area contributed by atoms with E-state index in [0.717, 1.165) is 18.2 Å². The molecular formula is C7H12ClN5S. The molecule has 0 aliphatic heterocycles. The molecule has 0 atom stereocenters. The number of hydrogen-bond acceptors (Lipinski definition) is 5. The first kappa shape index (κ1) is 11.5. The molecule has 1 aromatic rings. The summed E-state index contributed by atoms with van der Waals surface area (Å²) >= 11 is 7.13. The third kappa shape index (κ3) is 3.65. The van der Waals surface area contributed by atoms with Crippen LogP contribution in [0.3, 0.4) is 0 Å². The molecule has 5 nitrogen and oxygen atoms in total. The number of nitrogens with one attached hydrogen (secondary N) is 1. The molecule has 1 heterocycles. The van der Waals surface area contributed by atoms with Crippen molar-refractivity contribution < 1.29 is 0 Å². The van der Waals surface area contributed by atoms with Gasteiger partial charge < -0.3 is 5.32 Å². The number of nitrogens with zero attached hydrogens (tertiary/aromatic N) is 4. The maximum absolute atomic E-state index is 5.65. The van der Waals surface area contributed by atoms with Crippen LogP contribution in [-0.2, 0) is 6.54 Å². The van der Waals surface area contributed by atoms with Crippen LogP contribution in [-0.4, -0.2) is 39.6 Å². The zero-order chi connectivity index (χ0) is 10.4. The van der Waals surface area contributed by atoms with Gasteiger partial charge in [0.05, 0.1) is 6.54 Å². The van der Waals surface area contributed by atoms with Crippen molar-refractivity contribution >= 4 is 23.4 Å². The summed E-state index contributed by atoms with van der Waals surface area (Å²) in [5, 5.41) is 15.7. The quantitative estimate of drug-likeness (QED) is 0.735. The summed E-state index contributed by atoms with van der Waals surface area (Å²) < 4.78 is 1.74. The highest BCUT2D eigenvalue weighted by molar-refractivity contribution is 7.99. The lowest BCUT2D eigenvalue weighted by molar-refractivity contribution is 0.530. The maximum atomic E-state index is 5.65.